The van der Waals surface area contributed by atoms with E-state index in [0.717, 1.165) is 49.3 Å². The second-order valence-corrected chi connectivity index (χ2v) is 11.2. The lowest BCUT2D eigenvalue weighted by atomic mass is 9.55. The molecule has 0 spiro atoms. The van der Waals surface area contributed by atoms with Crippen molar-refractivity contribution in [2.45, 2.75) is 83.1 Å². The molecule has 2 fully saturated rings. The lowest BCUT2D eigenvalue weighted by molar-refractivity contribution is -0.136. The third-order valence-corrected chi connectivity index (χ3v) is 9.53. The molecule has 1 aromatic carbocycles. The van der Waals surface area contributed by atoms with E-state index in [1.807, 2.05) is 0 Å². The van der Waals surface area contributed by atoms with Crippen molar-refractivity contribution < 1.29 is 14.3 Å². The van der Waals surface area contributed by atoms with E-state index in [4.69, 9.17) is 4.74 Å². The fourth-order valence-electron chi connectivity index (χ4n) is 7.70. The highest BCUT2D eigenvalue weighted by atomic mass is 16.5. The van der Waals surface area contributed by atoms with Gasteiger partial charge in [-0.2, -0.15) is 0 Å². The number of aryl methyl sites for hydroxylation is 1. The SMILES string of the molecule is COc1ccc2c(c1)CCC1C2CC[C@]2(C)[C@@H](NCCCCCCN3C(=O)C=CC3=O)CC[C@@H]12. The van der Waals surface area contributed by atoms with Gasteiger partial charge in [0.25, 0.3) is 11.8 Å². The molecule has 5 nitrogen and oxygen atoms in total. The summed E-state index contributed by atoms with van der Waals surface area (Å²) in [5.41, 5.74) is 3.55. The van der Waals surface area contributed by atoms with Gasteiger partial charge in [0.05, 0.1) is 7.11 Å². The number of carbonyl (C=O) groups excluding carboxylic acids is 2. The molecule has 0 aromatic heterocycles. The summed E-state index contributed by atoms with van der Waals surface area (Å²) in [6.45, 7) is 4.20. The molecule has 1 heterocycles. The number of carbonyl (C=O) groups is 2. The van der Waals surface area contributed by atoms with E-state index >= 15 is 0 Å². The molecule has 184 valence electrons. The van der Waals surface area contributed by atoms with E-state index in [1.54, 1.807) is 12.7 Å². The molecule has 2 unspecified atom stereocenters. The van der Waals surface area contributed by atoms with Crippen LogP contribution in [0.15, 0.2) is 30.4 Å². The Morgan fingerprint density at radius 2 is 1.82 bits per heavy atom. The van der Waals surface area contributed by atoms with Crippen molar-refractivity contribution >= 4 is 11.8 Å². The summed E-state index contributed by atoms with van der Waals surface area (Å²) in [5, 5.41) is 3.95. The first-order valence-corrected chi connectivity index (χ1v) is 13.4. The van der Waals surface area contributed by atoms with Crippen molar-refractivity contribution in [3.8, 4) is 5.75 Å². The molecule has 0 radical (unpaired) electrons. The maximum Gasteiger partial charge on any atom is 0.253 e. The number of unbranched alkanes of at least 4 members (excludes halogenated alkanes) is 3. The average molecular weight is 465 g/mol. The zero-order valence-electron chi connectivity index (χ0n) is 20.9. The lowest BCUT2D eigenvalue weighted by Gasteiger charge is -2.51. The molecule has 0 saturated heterocycles. The zero-order valence-corrected chi connectivity index (χ0v) is 20.9. The predicted molar refractivity (Wildman–Crippen MR) is 134 cm³/mol. The van der Waals surface area contributed by atoms with Gasteiger partial charge in [0.15, 0.2) is 0 Å². The fourth-order valence-corrected chi connectivity index (χ4v) is 7.70. The van der Waals surface area contributed by atoms with Crippen molar-refractivity contribution in [2.75, 3.05) is 20.2 Å². The second-order valence-electron chi connectivity index (χ2n) is 11.2. The van der Waals surface area contributed by atoms with Crippen LogP contribution in [0.5, 0.6) is 5.75 Å². The Morgan fingerprint density at radius 1 is 1.03 bits per heavy atom. The van der Waals surface area contributed by atoms with Gasteiger partial charge >= 0.3 is 0 Å². The minimum absolute atomic E-state index is 0.161. The van der Waals surface area contributed by atoms with Crippen molar-refractivity contribution in [3.63, 3.8) is 0 Å². The zero-order chi connectivity index (χ0) is 23.7. The molecule has 5 atom stereocenters. The quantitative estimate of drug-likeness (QED) is 0.413. The van der Waals surface area contributed by atoms with E-state index in [0.29, 0.717) is 18.0 Å². The second kappa shape index (κ2) is 9.85. The summed E-state index contributed by atoms with van der Waals surface area (Å²) in [6, 6.07) is 7.42. The number of hydrogen-bond acceptors (Lipinski definition) is 4. The van der Waals surface area contributed by atoms with Crippen LogP contribution in [0.1, 0.15) is 81.8 Å². The number of amides is 2. The Labute approximate surface area is 204 Å². The molecule has 5 heteroatoms. The van der Waals surface area contributed by atoms with Gasteiger partial charge in [-0.3, -0.25) is 14.5 Å². The first kappa shape index (κ1) is 23.6. The number of methoxy groups -OCH3 is 1. The molecule has 0 bridgehead atoms. The van der Waals surface area contributed by atoms with Crippen LogP contribution in [0, 0.1) is 17.3 Å². The summed E-state index contributed by atoms with van der Waals surface area (Å²) in [4.78, 5) is 24.6. The first-order valence-electron chi connectivity index (χ1n) is 13.4. The fraction of sp³-hybridized carbons (Fsp3) is 0.655. The van der Waals surface area contributed by atoms with Crippen LogP contribution in [0.3, 0.4) is 0 Å². The van der Waals surface area contributed by atoms with Crippen LogP contribution >= 0.6 is 0 Å². The highest BCUT2D eigenvalue weighted by Crippen LogP contribution is 2.61. The molecular formula is C29H40N2O3. The number of nitrogens with zero attached hydrogens (tertiary/aromatic N) is 1. The van der Waals surface area contributed by atoms with Crippen molar-refractivity contribution in [1.82, 2.24) is 10.2 Å². The van der Waals surface area contributed by atoms with Gasteiger partial charge in [-0.1, -0.05) is 25.8 Å². The summed E-state index contributed by atoms with van der Waals surface area (Å²) < 4.78 is 5.48. The molecule has 4 aliphatic rings. The predicted octanol–water partition coefficient (Wildman–Crippen LogP) is 4.99. The highest BCUT2D eigenvalue weighted by molar-refractivity contribution is 6.12. The monoisotopic (exact) mass is 464 g/mol. The standard InChI is InChI=1S/C29H40N2O3/c1-29-16-15-23-22-10-8-21(34-2)19-20(22)7-9-24(23)25(29)11-12-26(29)30-17-5-3-4-6-18-31-27(32)13-14-28(31)33/h8,10,13-14,19,23-26,30H,3-7,9,11-12,15-18H2,1-2H3/t23?,24?,25-,26-,29-/m0/s1. The molecule has 34 heavy (non-hydrogen) atoms. The summed E-state index contributed by atoms with van der Waals surface area (Å²) in [6.07, 6.45) is 14.9. The number of nitrogens with one attached hydrogen (secondary N) is 1. The Balaban J connectivity index is 1.08. The minimum Gasteiger partial charge on any atom is -0.497 e. The van der Waals surface area contributed by atoms with E-state index in [-0.39, 0.29) is 11.8 Å². The number of imide groups is 1. The number of fused-ring (bicyclic) bond motifs is 5. The minimum atomic E-state index is -0.161. The molecule has 2 amide bonds. The van der Waals surface area contributed by atoms with Gasteiger partial charge in [-0.05, 0) is 104 Å². The molecule has 1 aromatic rings. The molecular weight excluding hydrogens is 424 g/mol. The first-order chi connectivity index (χ1) is 16.5. The van der Waals surface area contributed by atoms with Crippen LogP contribution < -0.4 is 10.1 Å². The van der Waals surface area contributed by atoms with Crippen LogP contribution in [0.4, 0.5) is 0 Å². The molecule has 3 aliphatic carbocycles. The molecule has 5 rings (SSSR count). The number of rotatable bonds is 9. The topological polar surface area (TPSA) is 58.6 Å². The van der Waals surface area contributed by atoms with Gasteiger partial charge in [0.1, 0.15) is 5.75 Å². The van der Waals surface area contributed by atoms with Crippen molar-refractivity contribution in [2.24, 2.45) is 17.3 Å². The summed E-state index contributed by atoms with van der Waals surface area (Å²) in [5.74, 6) is 3.08. The van der Waals surface area contributed by atoms with Crippen LogP contribution in [-0.4, -0.2) is 43.0 Å². The van der Waals surface area contributed by atoms with E-state index < -0.39 is 0 Å². The third kappa shape index (κ3) is 4.32. The Kier molecular flexibility index (Phi) is 6.83. The molecule has 1 N–H and O–H groups in total. The lowest BCUT2D eigenvalue weighted by Crippen LogP contribution is -2.48. The van der Waals surface area contributed by atoms with Crippen molar-refractivity contribution in [1.29, 1.82) is 0 Å². The largest absolute Gasteiger partial charge is 0.497 e. The Morgan fingerprint density at radius 3 is 2.62 bits per heavy atom. The van der Waals surface area contributed by atoms with Gasteiger partial charge < -0.3 is 10.1 Å². The van der Waals surface area contributed by atoms with Gasteiger partial charge in [0, 0.05) is 24.7 Å². The number of hydrogen-bond donors (Lipinski definition) is 1. The van der Waals surface area contributed by atoms with Crippen molar-refractivity contribution in [3.05, 3.63) is 41.5 Å². The van der Waals surface area contributed by atoms with Gasteiger partial charge in [-0.15, -0.1) is 0 Å². The highest BCUT2D eigenvalue weighted by Gasteiger charge is 2.54. The van der Waals surface area contributed by atoms with Crippen LogP contribution in [0.25, 0.3) is 0 Å². The van der Waals surface area contributed by atoms with Gasteiger partial charge in [-0.25, -0.2) is 0 Å². The number of ether oxygens (including phenoxy) is 1. The van der Waals surface area contributed by atoms with Crippen LogP contribution in [-0.2, 0) is 16.0 Å². The molecule has 2 saturated carbocycles. The molecule has 1 aliphatic heterocycles. The van der Waals surface area contributed by atoms with E-state index in [9.17, 15) is 9.59 Å². The average Bonchev–Trinajstić information content (AvgIpc) is 3.36. The normalized spacial score (nSPS) is 32.0. The number of benzene rings is 1. The smallest absolute Gasteiger partial charge is 0.253 e. The van der Waals surface area contributed by atoms with Crippen LogP contribution in [0.2, 0.25) is 0 Å². The van der Waals surface area contributed by atoms with E-state index in [2.05, 4.69) is 30.4 Å². The third-order valence-electron chi connectivity index (χ3n) is 9.53. The maximum absolute atomic E-state index is 11.6. The van der Waals surface area contributed by atoms with E-state index in [1.165, 1.54) is 67.6 Å². The Bertz CT molecular complexity index is 939. The Hall–Kier alpha value is -2.14. The van der Waals surface area contributed by atoms with Gasteiger partial charge in [0.2, 0.25) is 0 Å². The maximum atomic E-state index is 11.6. The summed E-state index contributed by atoms with van der Waals surface area (Å²) in [7, 11) is 1.77. The summed E-state index contributed by atoms with van der Waals surface area (Å²) >= 11 is 0.